The van der Waals surface area contributed by atoms with Crippen molar-refractivity contribution < 1.29 is 14.5 Å². The smallest absolute Gasteiger partial charge is 0.267 e. The van der Waals surface area contributed by atoms with Crippen molar-refractivity contribution in [2.75, 3.05) is 6.61 Å². The first-order valence-corrected chi connectivity index (χ1v) is 11.6. The van der Waals surface area contributed by atoms with Gasteiger partial charge in [-0.25, -0.2) is 4.98 Å². The van der Waals surface area contributed by atoms with Gasteiger partial charge in [0.25, 0.3) is 17.2 Å². The first-order valence-electron chi connectivity index (χ1n) is 11.6. The second-order valence-corrected chi connectivity index (χ2v) is 8.50. The molecule has 1 fully saturated rings. The first kappa shape index (κ1) is 25.4. The molecule has 1 atom stereocenters. The normalized spacial score (nSPS) is 16.5. The maximum atomic E-state index is 13.4. The van der Waals surface area contributed by atoms with Gasteiger partial charge in [0.1, 0.15) is 23.8 Å². The van der Waals surface area contributed by atoms with E-state index >= 15 is 0 Å². The van der Waals surface area contributed by atoms with Crippen molar-refractivity contribution in [2.45, 2.75) is 38.8 Å². The molecule has 1 amide bonds. The van der Waals surface area contributed by atoms with Crippen molar-refractivity contribution >= 4 is 22.6 Å². The van der Waals surface area contributed by atoms with Crippen LogP contribution in [0.2, 0.25) is 0 Å². The zero-order chi connectivity index (χ0) is 26.5. The number of rotatable bonds is 7. The highest BCUT2D eigenvalue weighted by Gasteiger charge is 2.22. The Hall–Kier alpha value is -4.69. The van der Waals surface area contributed by atoms with Gasteiger partial charge in [0.2, 0.25) is 0 Å². The fourth-order valence-corrected chi connectivity index (χ4v) is 4.20. The molecule has 1 aliphatic rings. The molecular formula is C26H24N6O5. The predicted molar refractivity (Wildman–Crippen MR) is 135 cm³/mol. The van der Waals surface area contributed by atoms with E-state index in [4.69, 9.17) is 9.72 Å². The Morgan fingerprint density at radius 1 is 1.43 bits per heavy atom. The minimum Gasteiger partial charge on any atom is -0.376 e. The third-order valence-corrected chi connectivity index (χ3v) is 5.97. The van der Waals surface area contributed by atoms with Crippen LogP contribution in [0.1, 0.15) is 30.4 Å². The van der Waals surface area contributed by atoms with Crippen LogP contribution in [-0.4, -0.2) is 37.5 Å². The third kappa shape index (κ3) is 5.29. The topological polar surface area (TPSA) is 145 Å². The number of nitrogens with zero attached hydrogens (tertiary/aromatic N) is 6. The number of pyridine rings is 2. The third-order valence-electron chi connectivity index (χ3n) is 5.97. The summed E-state index contributed by atoms with van der Waals surface area (Å²) in [6.45, 7) is 6.09. The average Bonchev–Trinajstić information content (AvgIpc) is 3.39. The SMILES string of the molecule is C=C/C=C\C=C(/CC(=O)N=c1c(C#N)cc2c(=O)n3cccc(C)c3nc2n1CC1CCCO1)[N+](=O)[O-]. The fraction of sp³-hybridized carbons (Fsp3) is 0.269. The van der Waals surface area contributed by atoms with Crippen LogP contribution in [0.15, 0.2) is 70.8 Å². The number of aryl methyl sites for hydroxylation is 1. The van der Waals surface area contributed by atoms with Crippen LogP contribution in [0, 0.1) is 28.4 Å². The van der Waals surface area contributed by atoms with E-state index in [9.17, 15) is 25.0 Å². The van der Waals surface area contributed by atoms with Crippen LogP contribution in [0.25, 0.3) is 16.7 Å². The summed E-state index contributed by atoms with van der Waals surface area (Å²) in [5, 5.41) is 21.5. The molecule has 0 aromatic carbocycles. The van der Waals surface area contributed by atoms with Gasteiger partial charge in [-0.2, -0.15) is 10.3 Å². The van der Waals surface area contributed by atoms with Gasteiger partial charge >= 0.3 is 0 Å². The highest BCUT2D eigenvalue weighted by Crippen LogP contribution is 2.18. The number of nitriles is 1. The van der Waals surface area contributed by atoms with E-state index in [1.54, 1.807) is 16.8 Å². The van der Waals surface area contributed by atoms with Gasteiger partial charge in [-0.3, -0.25) is 24.1 Å². The lowest BCUT2D eigenvalue weighted by atomic mass is 10.2. The van der Waals surface area contributed by atoms with Gasteiger partial charge in [0.15, 0.2) is 5.49 Å². The molecule has 0 saturated carbocycles. The number of hydrogen-bond acceptors (Lipinski definition) is 7. The Morgan fingerprint density at radius 3 is 2.92 bits per heavy atom. The van der Waals surface area contributed by atoms with Crippen LogP contribution >= 0.6 is 0 Å². The van der Waals surface area contributed by atoms with E-state index in [1.807, 2.05) is 19.1 Å². The van der Waals surface area contributed by atoms with Gasteiger partial charge in [-0.15, -0.1) is 0 Å². The highest BCUT2D eigenvalue weighted by molar-refractivity contribution is 5.81. The Morgan fingerprint density at radius 2 is 2.24 bits per heavy atom. The number of allylic oxidation sites excluding steroid dienone is 4. The Bertz CT molecular complexity index is 1650. The molecule has 1 saturated heterocycles. The van der Waals surface area contributed by atoms with Crippen LogP contribution in [0.5, 0.6) is 0 Å². The molecule has 0 spiro atoms. The summed E-state index contributed by atoms with van der Waals surface area (Å²) < 4.78 is 8.73. The fourth-order valence-electron chi connectivity index (χ4n) is 4.20. The number of hydrogen-bond donors (Lipinski definition) is 0. The van der Waals surface area contributed by atoms with Gasteiger partial charge in [-0.1, -0.05) is 30.9 Å². The molecule has 37 heavy (non-hydrogen) atoms. The molecule has 188 valence electrons. The predicted octanol–water partition coefficient (Wildman–Crippen LogP) is 2.73. The molecule has 0 radical (unpaired) electrons. The summed E-state index contributed by atoms with van der Waals surface area (Å²) in [5.74, 6) is -0.819. The van der Waals surface area contributed by atoms with Crippen molar-refractivity contribution in [3.8, 4) is 6.07 Å². The summed E-state index contributed by atoms with van der Waals surface area (Å²) in [7, 11) is 0. The monoisotopic (exact) mass is 500 g/mol. The summed E-state index contributed by atoms with van der Waals surface area (Å²) >= 11 is 0. The lowest BCUT2D eigenvalue weighted by Crippen LogP contribution is -2.33. The second-order valence-electron chi connectivity index (χ2n) is 8.50. The minimum atomic E-state index is -0.819. The van der Waals surface area contributed by atoms with Gasteiger partial charge < -0.3 is 9.30 Å². The number of fused-ring (bicyclic) bond motifs is 2. The zero-order valence-corrected chi connectivity index (χ0v) is 20.2. The lowest BCUT2D eigenvalue weighted by molar-refractivity contribution is -0.426. The summed E-state index contributed by atoms with van der Waals surface area (Å²) in [6, 6.07) is 6.92. The van der Waals surface area contributed by atoms with Crippen LogP contribution in [0.3, 0.4) is 0 Å². The van der Waals surface area contributed by atoms with Crippen LogP contribution < -0.4 is 11.0 Å². The quantitative estimate of drug-likeness (QED) is 0.210. The second kappa shape index (κ2) is 10.9. The van der Waals surface area contributed by atoms with E-state index in [0.29, 0.717) is 12.3 Å². The van der Waals surface area contributed by atoms with Crippen LogP contribution in [0.4, 0.5) is 0 Å². The van der Waals surface area contributed by atoms with Crippen molar-refractivity contribution in [1.29, 1.82) is 5.26 Å². The number of amides is 1. The first-order chi connectivity index (χ1) is 17.8. The average molecular weight is 501 g/mol. The Labute approximate surface area is 211 Å². The number of carbonyl (C=O) groups is 1. The molecule has 0 aliphatic carbocycles. The largest absolute Gasteiger partial charge is 0.376 e. The maximum Gasteiger partial charge on any atom is 0.267 e. The molecule has 11 nitrogen and oxygen atoms in total. The minimum absolute atomic E-state index is 0.0235. The van der Waals surface area contributed by atoms with Crippen molar-refractivity contribution in [3.05, 3.63) is 98.1 Å². The number of aromatic nitrogens is 3. The molecular weight excluding hydrogens is 476 g/mol. The summed E-state index contributed by atoms with van der Waals surface area (Å²) in [5.41, 5.74) is 0.655. The number of nitro groups is 1. The van der Waals surface area contributed by atoms with E-state index in [0.717, 1.165) is 18.4 Å². The van der Waals surface area contributed by atoms with Gasteiger partial charge in [0, 0.05) is 18.9 Å². The number of carbonyl (C=O) groups excluding carboxylic acids is 1. The zero-order valence-electron chi connectivity index (χ0n) is 20.2. The van der Waals surface area contributed by atoms with Crippen molar-refractivity contribution in [3.63, 3.8) is 0 Å². The summed E-state index contributed by atoms with van der Waals surface area (Å²) in [4.78, 5) is 45.8. The Balaban J connectivity index is 1.97. The molecule has 4 rings (SSSR count). The molecule has 0 bridgehead atoms. The standard InChI is InChI=1S/C26H24N6O5/c1-3-4-5-9-19(32(35)36)14-22(33)28-24-18(15-27)13-21-25(31(24)16-20-10-7-12-37-20)29-23-17(2)8-6-11-30(23)26(21)34/h3-6,8-9,11,13,20H,1,7,10,12,14,16H2,2H3/b5-4-,19-9+,28-24?. The van der Waals surface area contributed by atoms with Crippen molar-refractivity contribution in [2.24, 2.45) is 4.99 Å². The highest BCUT2D eigenvalue weighted by atomic mass is 16.6. The van der Waals surface area contributed by atoms with E-state index < -0.39 is 17.3 Å². The van der Waals surface area contributed by atoms with Gasteiger partial charge in [0.05, 0.1) is 28.5 Å². The number of ether oxygens (including phenoxy) is 1. The molecule has 0 N–H and O–H groups in total. The molecule has 3 aromatic heterocycles. The van der Waals surface area contributed by atoms with Gasteiger partial charge in [-0.05, 0) is 37.5 Å². The molecule has 11 heteroatoms. The Kier molecular flexibility index (Phi) is 7.50. The maximum absolute atomic E-state index is 13.4. The summed E-state index contributed by atoms with van der Waals surface area (Å²) in [6.07, 6.45) is 7.90. The van der Waals surface area contributed by atoms with E-state index in [-0.39, 0.29) is 46.0 Å². The van der Waals surface area contributed by atoms with E-state index in [1.165, 1.54) is 34.8 Å². The molecule has 3 aromatic rings. The van der Waals surface area contributed by atoms with E-state index in [2.05, 4.69) is 11.6 Å². The lowest BCUT2D eigenvalue weighted by Gasteiger charge is -2.17. The van der Waals surface area contributed by atoms with Crippen molar-refractivity contribution in [1.82, 2.24) is 14.0 Å². The molecule has 1 aliphatic heterocycles. The molecule has 4 heterocycles. The molecule has 1 unspecified atom stereocenters. The van der Waals surface area contributed by atoms with Crippen LogP contribution in [-0.2, 0) is 16.1 Å².